The number of rotatable bonds is 3. The number of hydrogen-bond donors (Lipinski definition) is 0. The summed E-state index contributed by atoms with van der Waals surface area (Å²) >= 11 is 0. The van der Waals surface area contributed by atoms with Crippen molar-refractivity contribution in [1.82, 2.24) is 0 Å². The van der Waals surface area contributed by atoms with Gasteiger partial charge in [0.15, 0.2) is 0 Å². The van der Waals surface area contributed by atoms with Crippen molar-refractivity contribution in [3.8, 4) is 0 Å². The van der Waals surface area contributed by atoms with Gasteiger partial charge in [0.05, 0.1) is 0 Å². The number of halogens is 5. The molecule has 0 aromatic heterocycles. The molecular formula is C6H7F5. The zero-order valence-corrected chi connectivity index (χ0v) is 5.59. The predicted molar refractivity (Wildman–Crippen MR) is 30.4 cm³/mol. The highest BCUT2D eigenvalue weighted by atomic mass is 19.4. The number of hydrogen-bond acceptors (Lipinski definition) is 0. The van der Waals surface area contributed by atoms with E-state index in [1.807, 2.05) is 0 Å². The van der Waals surface area contributed by atoms with Crippen molar-refractivity contribution in [1.29, 1.82) is 0 Å². The van der Waals surface area contributed by atoms with Gasteiger partial charge in [0.1, 0.15) is 0 Å². The van der Waals surface area contributed by atoms with Crippen LogP contribution in [0.1, 0.15) is 12.8 Å². The van der Waals surface area contributed by atoms with Crippen LogP contribution in [0.5, 0.6) is 0 Å². The molecule has 0 rings (SSSR count). The van der Waals surface area contributed by atoms with Crippen LogP contribution in [0.2, 0.25) is 0 Å². The number of allylic oxidation sites excluding steroid dienone is 1. The molecule has 0 N–H and O–H groups in total. The van der Waals surface area contributed by atoms with E-state index in [9.17, 15) is 22.0 Å². The van der Waals surface area contributed by atoms with Crippen LogP contribution >= 0.6 is 0 Å². The molecule has 0 radical (unpaired) electrons. The zero-order valence-electron chi connectivity index (χ0n) is 5.59. The summed E-state index contributed by atoms with van der Waals surface area (Å²) in [6.07, 6.45) is -5.97. The van der Waals surface area contributed by atoms with Gasteiger partial charge in [0, 0.05) is 6.42 Å². The maximum atomic E-state index is 11.9. The van der Waals surface area contributed by atoms with Gasteiger partial charge in [-0.1, -0.05) is 6.08 Å². The fourth-order valence-electron chi connectivity index (χ4n) is 0.425. The lowest BCUT2D eigenvalue weighted by atomic mass is 10.2. The molecular weight excluding hydrogens is 167 g/mol. The summed E-state index contributed by atoms with van der Waals surface area (Å²) in [6, 6.07) is 0. The Kier molecular flexibility index (Phi) is 3.02. The quantitative estimate of drug-likeness (QED) is 0.455. The highest BCUT2D eigenvalue weighted by molar-refractivity contribution is 4.79. The van der Waals surface area contributed by atoms with Crippen molar-refractivity contribution in [3.05, 3.63) is 12.7 Å². The van der Waals surface area contributed by atoms with E-state index in [1.54, 1.807) is 0 Å². The average Bonchev–Trinajstić information content (AvgIpc) is 1.81. The molecule has 0 nitrogen and oxygen atoms in total. The Balaban J connectivity index is 4.10. The molecule has 0 unspecified atom stereocenters. The second-order valence-electron chi connectivity index (χ2n) is 2.03. The fraction of sp³-hybridized carbons (Fsp3) is 0.667. The van der Waals surface area contributed by atoms with E-state index in [0.717, 1.165) is 6.08 Å². The third-order valence-corrected chi connectivity index (χ3v) is 1.08. The van der Waals surface area contributed by atoms with Crippen LogP contribution in [0.25, 0.3) is 0 Å². The first-order valence-electron chi connectivity index (χ1n) is 2.86. The van der Waals surface area contributed by atoms with Crippen LogP contribution in [0.3, 0.4) is 0 Å². The largest absolute Gasteiger partial charge is 0.453 e. The maximum absolute atomic E-state index is 11.9. The van der Waals surface area contributed by atoms with Crippen molar-refractivity contribution >= 4 is 0 Å². The van der Waals surface area contributed by atoms with Gasteiger partial charge < -0.3 is 0 Å². The van der Waals surface area contributed by atoms with Crippen LogP contribution in [-0.4, -0.2) is 12.1 Å². The Bertz CT molecular complexity index is 134. The molecule has 0 amide bonds. The zero-order chi connectivity index (χ0) is 9.12. The van der Waals surface area contributed by atoms with Crippen LogP contribution in [0.15, 0.2) is 12.7 Å². The molecule has 0 aromatic rings. The van der Waals surface area contributed by atoms with E-state index in [2.05, 4.69) is 6.58 Å². The number of alkyl halides is 5. The van der Waals surface area contributed by atoms with Gasteiger partial charge in [-0.3, -0.25) is 0 Å². The van der Waals surface area contributed by atoms with E-state index < -0.39 is 18.5 Å². The molecule has 0 fully saturated rings. The molecule has 0 heterocycles. The predicted octanol–water partition coefficient (Wildman–Crippen LogP) is 3.15. The average molecular weight is 174 g/mol. The van der Waals surface area contributed by atoms with Gasteiger partial charge in [0.25, 0.3) is 0 Å². The van der Waals surface area contributed by atoms with Gasteiger partial charge in [-0.05, 0) is 6.42 Å². The third-order valence-electron chi connectivity index (χ3n) is 1.08. The molecule has 0 aromatic carbocycles. The van der Waals surface area contributed by atoms with Crippen LogP contribution in [0.4, 0.5) is 22.0 Å². The summed E-state index contributed by atoms with van der Waals surface area (Å²) in [7, 11) is 0. The summed E-state index contributed by atoms with van der Waals surface area (Å²) in [5.41, 5.74) is 0. The third kappa shape index (κ3) is 2.86. The molecule has 0 saturated carbocycles. The summed E-state index contributed by atoms with van der Waals surface area (Å²) < 4.78 is 58.0. The Morgan fingerprint density at radius 1 is 1.09 bits per heavy atom. The summed E-state index contributed by atoms with van der Waals surface area (Å²) in [4.78, 5) is 0. The van der Waals surface area contributed by atoms with Crippen molar-refractivity contribution in [2.45, 2.75) is 24.9 Å². The highest BCUT2D eigenvalue weighted by Gasteiger charge is 2.56. The Labute approximate surface area is 60.7 Å². The Hall–Kier alpha value is -0.610. The standard InChI is InChI=1S/C6H7F5/c1-2-3-4-5(7,8)6(9,10)11/h2H,1,3-4H2. The highest BCUT2D eigenvalue weighted by Crippen LogP contribution is 2.38. The first kappa shape index (κ1) is 10.4. The first-order chi connectivity index (χ1) is 4.81. The van der Waals surface area contributed by atoms with Crippen LogP contribution in [-0.2, 0) is 0 Å². The van der Waals surface area contributed by atoms with Gasteiger partial charge in [-0.2, -0.15) is 22.0 Å². The van der Waals surface area contributed by atoms with Gasteiger partial charge in [-0.15, -0.1) is 6.58 Å². The van der Waals surface area contributed by atoms with Crippen molar-refractivity contribution in [3.63, 3.8) is 0 Å². The minimum atomic E-state index is -5.43. The fourth-order valence-corrected chi connectivity index (χ4v) is 0.425. The normalized spacial score (nSPS) is 13.2. The molecule has 0 saturated heterocycles. The topological polar surface area (TPSA) is 0 Å². The van der Waals surface area contributed by atoms with E-state index in [-0.39, 0.29) is 6.42 Å². The monoisotopic (exact) mass is 174 g/mol. The summed E-state index contributed by atoms with van der Waals surface area (Å²) in [5.74, 6) is -4.58. The molecule has 0 aliphatic rings. The minimum Gasteiger partial charge on any atom is -0.196 e. The second kappa shape index (κ2) is 3.19. The van der Waals surface area contributed by atoms with Gasteiger partial charge in [-0.25, -0.2) is 0 Å². The lowest BCUT2D eigenvalue weighted by molar-refractivity contribution is -0.283. The Morgan fingerprint density at radius 2 is 1.55 bits per heavy atom. The molecule has 0 bridgehead atoms. The maximum Gasteiger partial charge on any atom is 0.453 e. The Morgan fingerprint density at radius 3 is 1.82 bits per heavy atom. The van der Waals surface area contributed by atoms with Crippen LogP contribution in [0, 0.1) is 0 Å². The molecule has 0 aliphatic heterocycles. The van der Waals surface area contributed by atoms with E-state index in [0.29, 0.717) is 0 Å². The SMILES string of the molecule is C=CCCC(F)(F)C(F)(F)F. The first-order valence-corrected chi connectivity index (χ1v) is 2.86. The van der Waals surface area contributed by atoms with E-state index in [1.165, 1.54) is 0 Å². The summed E-state index contributed by atoms with van der Waals surface area (Å²) in [5, 5.41) is 0. The molecule has 66 valence electrons. The molecule has 11 heavy (non-hydrogen) atoms. The van der Waals surface area contributed by atoms with Gasteiger partial charge in [0.2, 0.25) is 0 Å². The van der Waals surface area contributed by atoms with E-state index >= 15 is 0 Å². The van der Waals surface area contributed by atoms with E-state index in [4.69, 9.17) is 0 Å². The smallest absolute Gasteiger partial charge is 0.196 e. The molecule has 0 aliphatic carbocycles. The molecule has 0 atom stereocenters. The lowest BCUT2D eigenvalue weighted by Gasteiger charge is -2.18. The summed E-state index contributed by atoms with van der Waals surface area (Å²) in [6.45, 7) is 3.05. The second-order valence-corrected chi connectivity index (χ2v) is 2.03. The lowest BCUT2D eigenvalue weighted by Crippen LogP contribution is -2.35. The van der Waals surface area contributed by atoms with Crippen molar-refractivity contribution in [2.75, 3.05) is 0 Å². The minimum absolute atomic E-state index is 0.341. The van der Waals surface area contributed by atoms with Crippen molar-refractivity contribution < 1.29 is 22.0 Å². The van der Waals surface area contributed by atoms with Crippen LogP contribution < -0.4 is 0 Å². The van der Waals surface area contributed by atoms with Gasteiger partial charge >= 0.3 is 12.1 Å². The molecule has 5 heteroatoms. The van der Waals surface area contributed by atoms with Crippen molar-refractivity contribution in [2.24, 2.45) is 0 Å². The molecule has 0 spiro atoms.